The van der Waals surface area contributed by atoms with E-state index in [1.807, 2.05) is 6.07 Å². The third-order valence-corrected chi connectivity index (χ3v) is 2.86. The summed E-state index contributed by atoms with van der Waals surface area (Å²) in [5.41, 5.74) is 6.50. The van der Waals surface area contributed by atoms with Crippen molar-refractivity contribution < 1.29 is 0 Å². The number of nitrogen functional groups attached to an aromatic ring is 1. The van der Waals surface area contributed by atoms with Gasteiger partial charge in [0.1, 0.15) is 5.82 Å². The number of hydrogen-bond donors (Lipinski definition) is 2. The van der Waals surface area contributed by atoms with Crippen molar-refractivity contribution in [2.75, 3.05) is 17.6 Å². The van der Waals surface area contributed by atoms with Gasteiger partial charge in [0.05, 0.1) is 5.69 Å². The summed E-state index contributed by atoms with van der Waals surface area (Å²) in [5.74, 6) is 1.74. The van der Waals surface area contributed by atoms with Crippen molar-refractivity contribution >= 4 is 27.4 Å². The number of halogens is 1. The Morgan fingerprint density at radius 3 is 3.00 bits per heavy atom. The molecule has 1 fully saturated rings. The van der Waals surface area contributed by atoms with Crippen LogP contribution in [0.15, 0.2) is 16.7 Å². The van der Waals surface area contributed by atoms with E-state index in [-0.39, 0.29) is 0 Å². The smallest absolute Gasteiger partial charge is 0.149 e. The maximum atomic E-state index is 5.80. The third-order valence-electron chi connectivity index (χ3n) is 2.43. The van der Waals surface area contributed by atoms with Gasteiger partial charge in [0, 0.05) is 17.2 Å². The van der Waals surface area contributed by atoms with E-state index in [0.717, 1.165) is 22.8 Å². The molecule has 0 radical (unpaired) electrons. The zero-order chi connectivity index (χ0) is 9.97. The second-order valence-corrected chi connectivity index (χ2v) is 4.67. The van der Waals surface area contributed by atoms with Gasteiger partial charge in [0.25, 0.3) is 0 Å². The number of anilines is 2. The van der Waals surface area contributed by atoms with Crippen LogP contribution in [-0.4, -0.2) is 11.5 Å². The molecule has 0 bridgehead atoms. The molecule has 0 atom stereocenters. The van der Waals surface area contributed by atoms with E-state index in [4.69, 9.17) is 5.73 Å². The summed E-state index contributed by atoms with van der Waals surface area (Å²) >= 11 is 3.33. The molecule has 0 spiro atoms. The van der Waals surface area contributed by atoms with Crippen LogP contribution in [0.1, 0.15) is 19.3 Å². The number of nitrogens with one attached hydrogen (secondary N) is 1. The predicted molar refractivity (Wildman–Crippen MR) is 62.2 cm³/mol. The van der Waals surface area contributed by atoms with Gasteiger partial charge in [-0.15, -0.1) is 0 Å². The van der Waals surface area contributed by atoms with Gasteiger partial charge >= 0.3 is 0 Å². The van der Waals surface area contributed by atoms with Crippen molar-refractivity contribution in [2.45, 2.75) is 19.3 Å². The Kier molecular flexibility index (Phi) is 2.91. The highest BCUT2D eigenvalue weighted by atomic mass is 79.9. The molecule has 1 heterocycles. The molecule has 14 heavy (non-hydrogen) atoms. The molecule has 3 nitrogen and oxygen atoms in total. The number of hydrogen-bond acceptors (Lipinski definition) is 3. The van der Waals surface area contributed by atoms with Crippen molar-refractivity contribution in [1.29, 1.82) is 0 Å². The summed E-state index contributed by atoms with van der Waals surface area (Å²) < 4.78 is 0.919. The average Bonchev–Trinajstić information content (AvgIpc) is 2.92. The third kappa shape index (κ3) is 2.61. The van der Waals surface area contributed by atoms with E-state index < -0.39 is 0 Å². The SMILES string of the molecule is Nc1cc(Br)cnc1NCCC1CC1. The molecule has 0 unspecified atom stereocenters. The lowest BCUT2D eigenvalue weighted by Crippen LogP contribution is -2.06. The number of nitrogens with two attached hydrogens (primary N) is 1. The van der Waals surface area contributed by atoms with Crippen LogP contribution < -0.4 is 11.1 Å². The van der Waals surface area contributed by atoms with Gasteiger partial charge in [0.15, 0.2) is 0 Å². The van der Waals surface area contributed by atoms with Gasteiger partial charge in [-0.1, -0.05) is 12.8 Å². The fraction of sp³-hybridized carbons (Fsp3) is 0.500. The van der Waals surface area contributed by atoms with Crippen molar-refractivity contribution in [2.24, 2.45) is 5.92 Å². The monoisotopic (exact) mass is 255 g/mol. The van der Waals surface area contributed by atoms with Crippen LogP contribution in [0.4, 0.5) is 11.5 Å². The average molecular weight is 256 g/mol. The molecule has 1 aliphatic carbocycles. The fourth-order valence-corrected chi connectivity index (χ4v) is 1.75. The van der Waals surface area contributed by atoms with E-state index in [0.29, 0.717) is 5.69 Å². The van der Waals surface area contributed by atoms with Crippen molar-refractivity contribution in [1.82, 2.24) is 4.98 Å². The molecule has 0 saturated heterocycles. The first-order valence-electron chi connectivity index (χ1n) is 4.90. The van der Waals surface area contributed by atoms with Crippen LogP contribution >= 0.6 is 15.9 Å². The van der Waals surface area contributed by atoms with Crippen LogP contribution in [0, 0.1) is 5.92 Å². The molecule has 0 aromatic carbocycles. The van der Waals surface area contributed by atoms with E-state index in [1.165, 1.54) is 19.3 Å². The molecule has 1 aromatic rings. The van der Waals surface area contributed by atoms with E-state index in [9.17, 15) is 0 Å². The van der Waals surface area contributed by atoms with Gasteiger partial charge in [-0.2, -0.15) is 0 Å². The molecule has 0 aliphatic heterocycles. The second kappa shape index (κ2) is 4.17. The first kappa shape index (κ1) is 9.77. The minimum Gasteiger partial charge on any atom is -0.396 e. The molecule has 1 aromatic heterocycles. The van der Waals surface area contributed by atoms with Gasteiger partial charge in [0.2, 0.25) is 0 Å². The summed E-state index contributed by atoms with van der Waals surface area (Å²) in [6.45, 7) is 0.976. The fourth-order valence-electron chi connectivity index (χ4n) is 1.40. The molecular formula is C10H14BrN3. The molecule has 1 saturated carbocycles. The summed E-state index contributed by atoms with van der Waals surface area (Å²) in [6, 6.07) is 1.87. The molecule has 76 valence electrons. The molecule has 1 aliphatic rings. The Hall–Kier alpha value is -0.770. The minimum atomic E-state index is 0.704. The first-order valence-corrected chi connectivity index (χ1v) is 5.70. The van der Waals surface area contributed by atoms with E-state index >= 15 is 0 Å². The Morgan fingerprint density at radius 2 is 2.36 bits per heavy atom. The minimum absolute atomic E-state index is 0.704. The van der Waals surface area contributed by atoms with Crippen LogP contribution in [0.25, 0.3) is 0 Å². The van der Waals surface area contributed by atoms with E-state index in [2.05, 4.69) is 26.2 Å². The summed E-state index contributed by atoms with van der Waals surface area (Å²) in [7, 11) is 0. The van der Waals surface area contributed by atoms with Crippen LogP contribution in [-0.2, 0) is 0 Å². The second-order valence-electron chi connectivity index (χ2n) is 3.75. The summed E-state index contributed by atoms with van der Waals surface area (Å²) in [5, 5.41) is 3.25. The van der Waals surface area contributed by atoms with Crippen molar-refractivity contribution in [3.63, 3.8) is 0 Å². The van der Waals surface area contributed by atoms with Gasteiger partial charge in [-0.05, 0) is 34.3 Å². The molecule has 3 N–H and O–H groups in total. The Bertz CT molecular complexity index is 323. The normalized spacial score (nSPS) is 15.5. The van der Waals surface area contributed by atoms with Gasteiger partial charge < -0.3 is 11.1 Å². The van der Waals surface area contributed by atoms with E-state index in [1.54, 1.807) is 6.20 Å². The van der Waals surface area contributed by atoms with Gasteiger partial charge in [-0.25, -0.2) is 4.98 Å². The highest BCUT2D eigenvalue weighted by Gasteiger charge is 2.20. The Balaban J connectivity index is 1.87. The highest BCUT2D eigenvalue weighted by Crippen LogP contribution is 2.32. The zero-order valence-electron chi connectivity index (χ0n) is 7.96. The maximum Gasteiger partial charge on any atom is 0.149 e. The number of nitrogens with zero attached hydrogens (tertiary/aromatic N) is 1. The summed E-state index contributed by atoms with van der Waals surface area (Å²) in [6.07, 6.45) is 5.78. The Morgan fingerprint density at radius 1 is 1.57 bits per heavy atom. The number of pyridine rings is 1. The van der Waals surface area contributed by atoms with Crippen molar-refractivity contribution in [3.8, 4) is 0 Å². The van der Waals surface area contributed by atoms with Gasteiger partial charge in [-0.3, -0.25) is 0 Å². The largest absolute Gasteiger partial charge is 0.396 e. The quantitative estimate of drug-likeness (QED) is 0.870. The standard InChI is InChI=1S/C10H14BrN3/c11-8-5-9(12)10(14-6-8)13-4-3-7-1-2-7/h5-7H,1-4,12H2,(H,13,14). The molecular weight excluding hydrogens is 242 g/mol. The number of aromatic nitrogens is 1. The van der Waals surface area contributed by atoms with Crippen LogP contribution in [0.3, 0.4) is 0 Å². The Labute approximate surface area is 92.2 Å². The lowest BCUT2D eigenvalue weighted by atomic mass is 10.3. The van der Waals surface area contributed by atoms with Crippen molar-refractivity contribution in [3.05, 3.63) is 16.7 Å². The van der Waals surface area contributed by atoms with Crippen LogP contribution in [0.5, 0.6) is 0 Å². The molecule has 0 amide bonds. The lowest BCUT2D eigenvalue weighted by Gasteiger charge is -2.07. The maximum absolute atomic E-state index is 5.80. The molecule has 4 heteroatoms. The number of rotatable bonds is 4. The van der Waals surface area contributed by atoms with Crippen LogP contribution in [0.2, 0.25) is 0 Å². The topological polar surface area (TPSA) is 50.9 Å². The lowest BCUT2D eigenvalue weighted by molar-refractivity contribution is 0.758. The highest BCUT2D eigenvalue weighted by molar-refractivity contribution is 9.10. The summed E-state index contributed by atoms with van der Waals surface area (Å²) in [4.78, 5) is 4.21. The predicted octanol–water partition coefficient (Wildman–Crippen LogP) is 2.64. The zero-order valence-corrected chi connectivity index (χ0v) is 9.55. The first-order chi connectivity index (χ1) is 6.75. The molecule has 2 rings (SSSR count).